The van der Waals surface area contributed by atoms with E-state index in [9.17, 15) is 4.39 Å². The molecule has 0 amide bonds. The Labute approximate surface area is 131 Å². The molecular formula is C14H15FN2S3. The molecular weight excluding hydrogens is 311 g/mol. The van der Waals surface area contributed by atoms with E-state index in [-0.39, 0.29) is 5.82 Å². The van der Waals surface area contributed by atoms with Crippen LogP contribution in [-0.4, -0.2) is 17.4 Å². The molecule has 106 valence electrons. The predicted molar refractivity (Wildman–Crippen MR) is 91.1 cm³/mol. The first-order valence-corrected chi connectivity index (χ1v) is 8.59. The van der Waals surface area contributed by atoms with Crippen molar-refractivity contribution in [2.45, 2.75) is 5.75 Å². The summed E-state index contributed by atoms with van der Waals surface area (Å²) in [4.78, 5) is 1.38. The van der Waals surface area contributed by atoms with E-state index in [4.69, 9.17) is 12.2 Å². The van der Waals surface area contributed by atoms with Crippen LogP contribution in [0, 0.1) is 5.82 Å². The van der Waals surface area contributed by atoms with Crippen molar-refractivity contribution in [2.24, 2.45) is 0 Å². The van der Waals surface area contributed by atoms with E-state index in [0.717, 1.165) is 18.1 Å². The number of anilines is 1. The Hall–Kier alpha value is -1.11. The fourth-order valence-corrected chi connectivity index (χ4v) is 3.44. The van der Waals surface area contributed by atoms with Crippen LogP contribution in [0.3, 0.4) is 0 Å². The normalized spacial score (nSPS) is 10.2. The van der Waals surface area contributed by atoms with Crippen molar-refractivity contribution in [1.29, 1.82) is 0 Å². The number of thiocarbonyl (C=S) groups is 1. The molecule has 0 fully saturated rings. The molecule has 2 nitrogen and oxygen atoms in total. The molecule has 1 aromatic carbocycles. The highest BCUT2D eigenvalue weighted by molar-refractivity contribution is 7.98. The Morgan fingerprint density at radius 2 is 2.10 bits per heavy atom. The summed E-state index contributed by atoms with van der Waals surface area (Å²) in [7, 11) is 0. The summed E-state index contributed by atoms with van der Waals surface area (Å²) in [6.07, 6.45) is 0. The molecule has 2 N–H and O–H groups in total. The van der Waals surface area contributed by atoms with E-state index in [1.165, 1.54) is 10.9 Å². The van der Waals surface area contributed by atoms with Gasteiger partial charge in [0.15, 0.2) is 5.11 Å². The van der Waals surface area contributed by atoms with Gasteiger partial charge in [-0.15, -0.1) is 11.3 Å². The third-order valence-electron chi connectivity index (χ3n) is 2.48. The number of nitrogens with one attached hydrogen (secondary N) is 2. The van der Waals surface area contributed by atoms with E-state index in [0.29, 0.717) is 10.8 Å². The lowest BCUT2D eigenvalue weighted by Gasteiger charge is -2.10. The first-order chi connectivity index (χ1) is 9.75. The van der Waals surface area contributed by atoms with Gasteiger partial charge in [-0.25, -0.2) is 4.39 Å². The maximum atomic E-state index is 13.4. The quantitative estimate of drug-likeness (QED) is 0.616. The third kappa shape index (κ3) is 5.11. The van der Waals surface area contributed by atoms with Crippen molar-refractivity contribution in [1.82, 2.24) is 5.32 Å². The highest BCUT2D eigenvalue weighted by Gasteiger charge is 2.02. The molecule has 20 heavy (non-hydrogen) atoms. The van der Waals surface area contributed by atoms with Crippen molar-refractivity contribution in [3.8, 4) is 0 Å². The molecule has 0 spiro atoms. The predicted octanol–water partition coefficient (Wildman–Crippen LogP) is 4.11. The van der Waals surface area contributed by atoms with Crippen LogP contribution in [0.1, 0.15) is 4.88 Å². The average Bonchev–Trinajstić information content (AvgIpc) is 2.94. The molecule has 6 heteroatoms. The zero-order valence-corrected chi connectivity index (χ0v) is 13.2. The molecule has 0 unspecified atom stereocenters. The zero-order chi connectivity index (χ0) is 14.2. The van der Waals surface area contributed by atoms with Gasteiger partial charge in [0.2, 0.25) is 0 Å². The molecule has 2 rings (SSSR count). The van der Waals surface area contributed by atoms with Crippen LogP contribution in [0.25, 0.3) is 0 Å². The minimum absolute atomic E-state index is 0.302. The number of rotatable bonds is 6. The SMILES string of the molecule is Fc1ccccc1NC(=S)NCCSCc1cccs1. The Morgan fingerprint density at radius 3 is 2.85 bits per heavy atom. The van der Waals surface area contributed by atoms with Gasteiger partial charge in [0.25, 0.3) is 0 Å². The lowest BCUT2D eigenvalue weighted by Crippen LogP contribution is -2.30. The first kappa shape index (κ1) is 15.3. The zero-order valence-electron chi connectivity index (χ0n) is 10.8. The van der Waals surface area contributed by atoms with Gasteiger partial charge in [0.1, 0.15) is 5.82 Å². The van der Waals surface area contributed by atoms with Crippen LogP contribution in [0.2, 0.25) is 0 Å². The molecule has 2 aromatic rings. The largest absolute Gasteiger partial charge is 0.362 e. The lowest BCUT2D eigenvalue weighted by molar-refractivity contribution is 0.632. The number of halogens is 1. The van der Waals surface area contributed by atoms with Gasteiger partial charge in [0, 0.05) is 22.9 Å². The van der Waals surface area contributed by atoms with E-state index < -0.39 is 0 Å². The second-order valence-electron chi connectivity index (χ2n) is 3.99. The first-order valence-electron chi connectivity index (χ1n) is 6.15. The number of benzene rings is 1. The Morgan fingerprint density at radius 1 is 1.25 bits per heavy atom. The van der Waals surface area contributed by atoms with Gasteiger partial charge in [-0.3, -0.25) is 0 Å². The van der Waals surface area contributed by atoms with Crippen LogP contribution in [0.4, 0.5) is 10.1 Å². The number of para-hydroxylation sites is 1. The van der Waals surface area contributed by atoms with Gasteiger partial charge in [-0.1, -0.05) is 18.2 Å². The van der Waals surface area contributed by atoms with E-state index >= 15 is 0 Å². The number of hydrogen-bond acceptors (Lipinski definition) is 3. The fraction of sp³-hybridized carbons (Fsp3) is 0.214. The summed E-state index contributed by atoms with van der Waals surface area (Å²) in [5.41, 5.74) is 0.399. The lowest BCUT2D eigenvalue weighted by atomic mass is 10.3. The summed E-state index contributed by atoms with van der Waals surface area (Å²) in [6, 6.07) is 10.7. The average molecular weight is 326 g/mol. The summed E-state index contributed by atoms with van der Waals surface area (Å²) < 4.78 is 13.4. The number of thiophene rings is 1. The molecule has 0 atom stereocenters. The van der Waals surface area contributed by atoms with Gasteiger partial charge in [-0.2, -0.15) is 11.8 Å². The second-order valence-corrected chi connectivity index (χ2v) is 6.54. The van der Waals surface area contributed by atoms with Gasteiger partial charge >= 0.3 is 0 Å². The maximum Gasteiger partial charge on any atom is 0.170 e. The third-order valence-corrected chi connectivity index (χ3v) is 4.79. The Kier molecular flexibility index (Phi) is 6.29. The topological polar surface area (TPSA) is 24.1 Å². The molecule has 1 aromatic heterocycles. The van der Waals surface area contributed by atoms with Crippen molar-refractivity contribution in [2.75, 3.05) is 17.6 Å². The second kappa shape index (κ2) is 8.24. The summed E-state index contributed by atoms with van der Waals surface area (Å²) in [5.74, 6) is 1.67. The number of hydrogen-bond donors (Lipinski definition) is 2. The van der Waals surface area contributed by atoms with Gasteiger partial charge in [-0.05, 0) is 35.8 Å². The maximum absolute atomic E-state index is 13.4. The molecule has 0 radical (unpaired) electrons. The molecule has 1 heterocycles. The molecule has 0 aliphatic heterocycles. The minimum atomic E-state index is -0.302. The molecule has 0 saturated carbocycles. The van der Waals surface area contributed by atoms with Crippen LogP contribution in [-0.2, 0) is 5.75 Å². The van der Waals surface area contributed by atoms with Crippen molar-refractivity contribution < 1.29 is 4.39 Å². The van der Waals surface area contributed by atoms with Crippen molar-refractivity contribution >= 4 is 46.1 Å². The summed E-state index contributed by atoms with van der Waals surface area (Å²) in [5, 5.41) is 8.46. The molecule has 0 aliphatic rings. The summed E-state index contributed by atoms with van der Waals surface area (Å²) >= 11 is 8.75. The van der Waals surface area contributed by atoms with Crippen molar-refractivity contribution in [3.63, 3.8) is 0 Å². The number of thioether (sulfide) groups is 1. The van der Waals surface area contributed by atoms with Crippen LogP contribution in [0.5, 0.6) is 0 Å². The fourth-order valence-electron chi connectivity index (χ4n) is 1.53. The Balaban J connectivity index is 1.62. The monoisotopic (exact) mass is 326 g/mol. The molecule has 0 saturated heterocycles. The van der Waals surface area contributed by atoms with Crippen LogP contribution < -0.4 is 10.6 Å². The van der Waals surface area contributed by atoms with E-state index in [2.05, 4.69) is 28.1 Å². The van der Waals surface area contributed by atoms with E-state index in [1.807, 2.05) is 11.8 Å². The van der Waals surface area contributed by atoms with Crippen molar-refractivity contribution in [3.05, 3.63) is 52.5 Å². The molecule has 0 bridgehead atoms. The highest BCUT2D eigenvalue weighted by Crippen LogP contribution is 2.16. The summed E-state index contributed by atoms with van der Waals surface area (Å²) in [6.45, 7) is 0.760. The minimum Gasteiger partial charge on any atom is -0.362 e. The van der Waals surface area contributed by atoms with E-state index in [1.54, 1.807) is 29.5 Å². The standard InChI is InChI=1S/C14H15FN2S3/c15-12-5-1-2-6-13(12)17-14(18)16-7-9-19-10-11-4-3-8-20-11/h1-6,8H,7,9-10H2,(H2,16,17,18). The smallest absolute Gasteiger partial charge is 0.170 e. The molecule has 0 aliphatic carbocycles. The Bertz CT molecular complexity index is 543. The van der Waals surface area contributed by atoms with Gasteiger partial charge in [0.05, 0.1) is 5.69 Å². The highest BCUT2D eigenvalue weighted by atomic mass is 32.2. The van der Waals surface area contributed by atoms with Crippen LogP contribution in [0.15, 0.2) is 41.8 Å². The van der Waals surface area contributed by atoms with Gasteiger partial charge < -0.3 is 10.6 Å². The van der Waals surface area contributed by atoms with Crippen LogP contribution >= 0.6 is 35.3 Å².